The Bertz CT molecular complexity index is 915. The minimum atomic E-state index is -0.158. The van der Waals surface area contributed by atoms with Crippen molar-refractivity contribution >= 4 is 22.6 Å². The van der Waals surface area contributed by atoms with Gasteiger partial charge in [0, 0.05) is 23.6 Å². The largest absolute Gasteiger partial charge is 0.490 e. The molecule has 0 aliphatic rings. The molecule has 1 N–H and O–H groups in total. The van der Waals surface area contributed by atoms with E-state index in [1.54, 1.807) is 12.3 Å². The Balaban J connectivity index is 2.01. The summed E-state index contributed by atoms with van der Waals surface area (Å²) >= 11 is 0. The molecule has 0 saturated carbocycles. The lowest BCUT2D eigenvalue weighted by Gasteiger charge is -2.13. The number of aromatic nitrogens is 2. The fourth-order valence-electron chi connectivity index (χ4n) is 3.24. The molecule has 136 valence electrons. The summed E-state index contributed by atoms with van der Waals surface area (Å²) in [5.74, 6) is 0.873. The number of aryl methyl sites for hydroxylation is 2. The number of amides is 1. The second-order valence-electron chi connectivity index (χ2n) is 6.23. The molecule has 0 saturated heterocycles. The fraction of sp³-hybridized carbons (Fsp3) is 0.333. The number of unbranched alkanes of at least 4 members (excludes halogenated alkanes) is 1. The molecular formula is C21H25N3O2. The Morgan fingerprint density at radius 2 is 2.00 bits per heavy atom. The van der Waals surface area contributed by atoms with Gasteiger partial charge in [-0.25, -0.2) is 4.98 Å². The van der Waals surface area contributed by atoms with E-state index in [2.05, 4.69) is 33.9 Å². The van der Waals surface area contributed by atoms with Crippen LogP contribution in [0.15, 0.2) is 42.6 Å². The third kappa shape index (κ3) is 3.43. The van der Waals surface area contributed by atoms with Crippen LogP contribution < -0.4 is 10.1 Å². The first-order valence-corrected chi connectivity index (χ1v) is 9.14. The molecule has 1 aromatic carbocycles. The summed E-state index contributed by atoms with van der Waals surface area (Å²) in [6.07, 6.45) is 3.74. The van der Waals surface area contributed by atoms with Crippen LogP contribution in [0.5, 0.6) is 5.75 Å². The van der Waals surface area contributed by atoms with Gasteiger partial charge in [-0.15, -0.1) is 0 Å². The fourth-order valence-corrected chi connectivity index (χ4v) is 3.24. The molecule has 3 rings (SSSR count). The maximum Gasteiger partial charge on any atom is 0.273 e. The van der Waals surface area contributed by atoms with Gasteiger partial charge in [-0.05, 0) is 44.0 Å². The molecule has 0 aliphatic heterocycles. The molecular weight excluding hydrogens is 326 g/mol. The Morgan fingerprint density at radius 1 is 1.19 bits per heavy atom. The van der Waals surface area contributed by atoms with Gasteiger partial charge in [-0.3, -0.25) is 4.79 Å². The summed E-state index contributed by atoms with van der Waals surface area (Å²) in [6.45, 7) is 7.39. The Labute approximate surface area is 154 Å². The number of fused-ring (bicyclic) bond motifs is 1. The van der Waals surface area contributed by atoms with Gasteiger partial charge in [-0.1, -0.05) is 31.5 Å². The van der Waals surface area contributed by atoms with Crippen LogP contribution in [0.3, 0.4) is 0 Å². The average Bonchev–Trinajstić information content (AvgIpc) is 2.94. The van der Waals surface area contributed by atoms with Crippen molar-refractivity contribution in [3.05, 3.63) is 53.9 Å². The van der Waals surface area contributed by atoms with Gasteiger partial charge in [0.1, 0.15) is 5.69 Å². The molecule has 26 heavy (non-hydrogen) atoms. The van der Waals surface area contributed by atoms with Gasteiger partial charge in [0.15, 0.2) is 11.6 Å². The topological polar surface area (TPSA) is 56.2 Å². The predicted molar refractivity (Wildman–Crippen MR) is 105 cm³/mol. The third-order valence-corrected chi connectivity index (χ3v) is 4.48. The van der Waals surface area contributed by atoms with Crippen molar-refractivity contribution < 1.29 is 9.53 Å². The Morgan fingerprint density at radius 3 is 2.77 bits per heavy atom. The number of nitrogens with zero attached hydrogens (tertiary/aromatic N) is 2. The lowest BCUT2D eigenvalue weighted by molar-refractivity contribution is 0.101. The van der Waals surface area contributed by atoms with E-state index >= 15 is 0 Å². The SMILES string of the molecule is CCCCn1c(C(=O)Nc2ncccc2OCC)c(C)c2ccccc21. The van der Waals surface area contributed by atoms with Crippen LogP contribution in [0.25, 0.3) is 10.9 Å². The van der Waals surface area contributed by atoms with Crippen LogP contribution in [-0.4, -0.2) is 22.1 Å². The van der Waals surface area contributed by atoms with E-state index in [0.29, 0.717) is 23.9 Å². The van der Waals surface area contributed by atoms with Crippen LogP contribution in [0.1, 0.15) is 42.7 Å². The van der Waals surface area contributed by atoms with Gasteiger partial charge < -0.3 is 14.6 Å². The van der Waals surface area contributed by atoms with Crippen molar-refractivity contribution in [3.8, 4) is 5.75 Å². The summed E-state index contributed by atoms with van der Waals surface area (Å²) in [5.41, 5.74) is 2.77. The Kier molecular flexibility index (Phi) is 5.56. The molecule has 2 aromatic heterocycles. The highest BCUT2D eigenvalue weighted by atomic mass is 16.5. The summed E-state index contributed by atoms with van der Waals surface area (Å²) in [5, 5.41) is 4.05. The van der Waals surface area contributed by atoms with E-state index < -0.39 is 0 Å². The normalized spacial score (nSPS) is 10.9. The quantitative estimate of drug-likeness (QED) is 0.665. The van der Waals surface area contributed by atoms with Crippen molar-refractivity contribution in [3.63, 3.8) is 0 Å². The summed E-state index contributed by atoms with van der Waals surface area (Å²) in [6, 6.07) is 11.8. The highest BCUT2D eigenvalue weighted by Gasteiger charge is 2.21. The molecule has 0 aliphatic carbocycles. The van der Waals surface area contributed by atoms with Crippen LogP contribution in [0.4, 0.5) is 5.82 Å². The number of hydrogen-bond donors (Lipinski definition) is 1. The van der Waals surface area contributed by atoms with Crippen molar-refractivity contribution in [1.82, 2.24) is 9.55 Å². The first kappa shape index (κ1) is 18.0. The number of ether oxygens (including phenoxy) is 1. The molecule has 0 spiro atoms. The molecule has 0 atom stereocenters. The van der Waals surface area contributed by atoms with Gasteiger partial charge in [0.25, 0.3) is 5.91 Å². The number of carbonyl (C=O) groups excluding carboxylic acids is 1. The number of nitrogens with one attached hydrogen (secondary N) is 1. The molecule has 0 bridgehead atoms. The van der Waals surface area contributed by atoms with Crippen molar-refractivity contribution in [2.24, 2.45) is 0 Å². The van der Waals surface area contributed by atoms with Crippen LogP contribution in [-0.2, 0) is 6.54 Å². The van der Waals surface area contributed by atoms with E-state index in [4.69, 9.17) is 4.74 Å². The van der Waals surface area contributed by atoms with Gasteiger partial charge in [-0.2, -0.15) is 0 Å². The number of hydrogen-bond acceptors (Lipinski definition) is 3. The van der Waals surface area contributed by atoms with Gasteiger partial charge in [0.2, 0.25) is 0 Å². The molecule has 2 heterocycles. The van der Waals surface area contributed by atoms with E-state index in [-0.39, 0.29) is 5.91 Å². The number of para-hydroxylation sites is 1. The average molecular weight is 351 g/mol. The molecule has 1 amide bonds. The molecule has 3 aromatic rings. The standard InChI is InChI=1S/C21H25N3O2/c1-4-6-14-24-17-11-8-7-10-16(17)15(3)19(24)21(25)23-20-18(26-5-2)12-9-13-22-20/h7-13H,4-6,14H2,1-3H3,(H,22,23,25). The van der Waals surface area contributed by atoms with Crippen LogP contribution in [0, 0.1) is 6.92 Å². The minimum Gasteiger partial charge on any atom is -0.490 e. The van der Waals surface area contributed by atoms with Crippen molar-refractivity contribution in [2.75, 3.05) is 11.9 Å². The zero-order chi connectivity index (χ0) is 18.5. The monoisotopic (exact) mass is 351 g/mol. The van der Waals surface area contributed by atoms with Gasteiger partial charge >= 0.3 is 0 Å². The molecule has 5 heteroatoms. The summed E-state index contributed by atoms with van der Waals surface area (Å²) in [4.78, 5) is 17.4. The number of rotatable bonds is 7. The first-order valence-electron chi connectivity index (χ1n) is 9.14. The predicted octanol–water partition coefficient (Wildman–Crippen LogP) is 4.80. The second-order valence-corrected chi connectivity index (χ2v) is 6.23. The van der Waals surface area contributed by atoms with Crippen molar-refractivity contribution in [1.29, 1.82) is 0 Å². The summed E-state index contributed by atoms with van der Waals surface area (Å²) < 4.78 is 7.69. The summed E-state index contributed by atoms with van der Waals surface area (Å²) in [7, 11) is 0. The second kappa shape index (κ2) is 8.04. The van der Waals surface area contributed by atoms with Crippen molar-refractivity contribution in [2.45, 2.75) is 40.2 Å². The van der Waals surface area contributed by atoms with E-state index in [9.17, 15) is 4.79 Å². The van der Waals surface area contributed by atoms with E-state index in [0.717, 1.165) is 35.9 Å². The highest BCUT2D eigenvalue weighted by molar-refractivity contribution is 6.08. The lowest BCUT2D eigenvalue weighted by Crippen LogP contribution is -2.19. The first-order chi connectivity index (χ1) is 12.7. The number of carbonyl (C=O) groups is 1. The Hall–Kier alpha value is -2.82. The third-order valence-electron chi connectivity index (χ3n) is 4.48. The highest BCUT2D eigenvalue weighted by Crippen LogP contribution is 2.28. The molecule has 5 nitrogen and oxygen atoms in total. The van der Waals surface area contributed by atoms with E-state index in [1.807, 2.05) is 32.0 Å². The zero-order valence-electron chi connectivity index (χ0n) is 15.6. The van der Waals surface area contributed by atoms with E-state index in [1.165, 1.54) is 0 Å². The molecule has 0 fully saturated rings. The molecule has 0 unspecified atom stereocenters. The minimum absolute atomic E-state index is 0.158. The van der Waals surface area contributed by atoms with Crippen LogP contribution >= 0.6 is 0 Å². The zero-order valence-corrected chi connectivity index (χ0v) is 15.6. The molecule has 0 radical (unpaired) electrons. The number of pyridine rings is 1. The maximum atomic E-state index is 13.1. The maximum absolute atomic E-state index is 13.1. The van der Waals surface area contributed by atoms with Gasteiger partial charge in [0.05, 0.1) is 6.61 Å². The lowest BCUT2D eigenvalue weighted by atomic mass is 10.1. The van der Waals surface area contributed by atoms with Crippen LogP contribution in [0.2, 0.25) is 0 Å². The number of anilines is 1. The smallest absolute Gasteiger partial charge is 0.273 e. The number of benzene rings is 1.